The highest BCUT2D eigenvalue weighted by Gasteiger charge is 2.15. The molecule has 0 aliphatic heterocycles. The molecule has 3 aromatic rings. The van der Waals surface area contributed by atoms with E-state index in [1.165, 1.54) is 0 Å². The fourth-order valence-corrected chi connectivity index (χ4v) is 3.02. The van der Waals surface area contributed by atoms with Crippen molar-refractivity contribution in [3.05, 3.63) is 52.7 Å². The molecular weight excluding hydrogens is 340 g/mol. The lowest BCUT2D eigenvalue weighted by molar-refractivity contribution is -0.115. The number of anilines is 1. The fraction of sp³-hybridized carbons (Fsp3) is 0.211. The van der Waals surface area contributed by atoms with E-state index >= 15 is 0 Å². The number of carbonyl (C=O) groups excluding carboxylic acids is 1. The lowest BCUT2D eigenvalue weighted by atomic mass is 10.1. The molecule has 0 spiro atoms. The van der Waals surface area contributed by atoms with Crippen LogP contribution in [0.25, 0.3) is 10.9 Å². The molecule has 0 saturated carbocycles. The van der Waals surface area contributed by atoms with E-state index in [2.05, 4.69) is 10.3 Å². The molecule has 0 aliphatic carbocycles. The molecule has 1 aromatic heterocycles. The van der Waals surface area contributed by atoms with Crippen molar-refractivity contribution in [1.82, 2.24) is 4.98 Å². The number of hydrogen-bond acceptors (Lipinski definition) is 3. The minimum Gasteiger partial charge on any atom is -0.497 e. The monoisotopic (exact) mass is 358 g/mol. The van der Waals surface area contributed by atoms with Crippen LogP contribution in [-0.4, -0.2) is 25.1 Å². The van der Waals surface area contributed by atoms with E-state index in [0.29, 0.717) is 22.2 Å². The van der Waals surface area contributed by atoms with E-state index in [1.54, 1.807) is 32.4 Å². The van der Waals surface area contributed by atoms with Crippen molar-refractivity contribution >= 4 is 34.1 Å². The molecule has 0 atom stereocenters. The number of nitrogens with one attached hydrogen (secondary N) is 2. The van der Waals surface area contributed by atoms with Gasteiger partial charge in [0.2, 0.25) is 5.91 Å². The zero-order chi connectivity index (χ0) is 18.0. The number of H-pyrrole nitrogens is 1. The van der Waals surface area contributed by atoms with E-state index in [-0.39, 0.29) is 12.3 Å². The zero-order valence-electron chi connectivity index (χ0n) is 14.3. The SMILES string of the molecule is COc1ccc(OC)c(NC(=O)Cc2c(C)[nH]c3ccc(Cl)cc23)c1. The molecule has 1 heterocycles. The first-order valence-corrected chi connectivity index (χ1v) is 8.18. The van der Waals surface area contributed by atoms with Crippen LogP contribution in [0.2, 0.25) is 5.02 Å². The largest absolute Gasteiger partial charge is 0.497 e. The Morgan fingerprint density at radius 1 is 1.16 bits per heavy atom. The van der Waals surface area contributed by atoms with Gasteiger partial charge in [-0.15, -0.1) is 0 Å². The Labute approximate surface area is 150 Å². The summed E-state index contributed by atoms with van der Waals surface area (Å²) in [6.45, 7) is 1.95. The molecular formula is C19H19ClN2O3. The Morgan fingerprint density at radius 2 is 1.96 bits per heavy atom. The molecule has 0 unspecified atom stereocenters. The normalized spacial score (nSPS) is 10.7. The maximum atomic E-state index is 12.6. The number of amides is 1. The van der Waals surface area contributed by atoms with Gasteiger partial charge in [-0.05, 0) is 42.8 Å². The number of benzene rings is 2. The second-order valence-electron chi connectivity index (χ2n) is 5.71. The van der Waals surface area contributed by atoms with E-state index in [4.69, 9.17) is 21.1 Å². The average molecular weight is 359 g/mol. The van der Waals surface area contributed by atoms with Crippen molar-refractivity contribution in [1.29, 1.82) is 0 Å². The maximum absolute atomic E-state index is 12.6. The van der Waals surface area contributed by atoms with E-state index in [1.807, 2.05) is 25.1 Å². The summed E-state index contributed by atoms with van der Waals surface area (Å²) in [5.41, 5.74) is 3.41. The number of ether oxygens (including phenoxy) is 2. The van der Waals surface area contributed by atoms with Crippen molar-refractivity contribution in [2.75, 3.05) is 19.5 Å². The number of aromatic amines is 1. The van der Waals surface area contributed by atoms with E-state index in [0.717, 1.165) is 22.2 Å². The smallest absolute Gasteiger partial charge is 0.228 e. The highest BCUT2D eigenvalue weighted by atomic mass is 35.5. The van der Waals surface area contributed by atoms with Gasteiger partial charge in [0, 0.05) is 27.7 Å². The van der Waals surface area contributed by atoms with Gasteiger partial charge in [-0.25, -0.2) is 0 Å². The van der Waals surface area contributed by atoms with Gasteiger partial charge in [-0.2, -0.15) is 0 Å². The second kappa shape index (κ2) is 7.07. The number of aryl methyl sites for hydroxylation is 1. The first-order valence-electron chi connectivity index (χ1n) is 7.80. The van der Waals surface area contributed by atoms with Crippen LogP contribution in [-0.2, 0) is 11.2 Å². The lowest BCUT2D eigenvalue weighted by Gasteiger charge is -2.12. The quantitative estimate of drug-likeness (QED) is 0.713. The van der Waals surface area contributed by atoms with E-state index in [9.17, 15) is 4.79 Å². The first kappa shape index (κ1) is 17.2. The molecule has 3 rings (SSSR count). The van der Waals surface area contributed by atoms with Gasteiger partial charge in [0.25, 0.3) is 0 Å². The Hall–Kier alpha value is -2.66. The topological polar surface area (TPSA) is 63.4 Å². The third-order valence-corrected chi connectivity index (χ3v) is 4.33. The number of aromatic nitrogens is 1. The number of carbonyl (C=O) groups is 1. The molecule has 5 nitrogen and oxygen atoms in total. The summed E-state index contributed by atoms with van der Waals surface area (Å²) in [6, 6.07) is 10.9. The summed E-state index contributed by atoms with van der Waals surface area (Å²) < 4.78 is 10.5. The van der Waals surface area contributed by atoms with Crippen molar-refractivity contribution in [2.45, 2.75) is 13.3 Å². The first-order chi connectivity index (χ1) is 12.0. The molecule has 0 bridgehead atoms. The van der Waals surface area contributed by atoms with Gasteiger partial charge < -0.3 is 19.8 Å². The summed E-state index contributed by atoms with van der Waals surface area (Å²) in [5.74, 6) is 1.08. The highest BCUT2D eigenvalue weighted by Crippen LogP contribution is 2.30. The van der Waals surface area contributed by atoms with Crippen LogP contribution in [0.3, 0.4) is 0 Å². The molecule has 130 valence electrons. The van der Waals surface area contributed by atoms with Gasteiger partial charge in [-0.1, -0.05) is 11.6 Å². The summed E-state index contributed by atoms with van der Waals surface area (Å²) in [4.78, 5) is 15.9. The van der Waals surface area contributed by atoms with Crippen LogP contribution >= 0.6 is 11.6 Å². The van der Waals surface area contributed by atoms with Gasteiger partial charge in [0.1, 0.15) is 11.5 Å². The number of halogens is 1. The number of rotatable bonds is 5. The summed E-state index contributed by atoms with van der Waals surface area (Å²) >= 11 is 6.09. The molecule has 0 aliphatic rings. The van der Waals surface area contributed by atoms with Gasteiger partial charge in [0.05, 0.1) is 26.3 Å². The molecule has 2 N–H and O–H groups in total. The van der Waals surface area contributed by atoms with Crippen LogP contribution in [0.15, 0.2) is 36.4 Å². The molecule has 2 aromatic carbocycles. The predicted molar refractivity (Wildman–Crippen MR) is 99.9 cm³/mol. The lowest BCUT2D eigenvalue weighted by Crippen LogP contribution is -2.15. The minimum absolute atomic E-state index is 0.143. The number of methoxy groups -OCH3 is 2. The zero-order valence-corrected chi connectivity index (χ0v) is 15.0. The average Bonchev–Trinajstić information content (AvgIpc) is 2.90. The molecule has 25 heavy (non-hydrogen) atoms. The van der Waals surface area contributed by atoms with Crippen molar-refractivity contribution in [3.8, 4) is 11.5 Å². The highest BCUT2D eigenvalue weighted by molar-refractivity contribution is 6.31. The van der Waals surface area contributed by atoms with Crippen molar-refractivity contribution in [2.24, 2.45) is 0 Å². The summed E-state index contributed by atoms with van der Waals surface area (Å²) in [6.07, 6.45) is 0.229. The number of hydrogen-bond donors (Lipinski definition) is 2. The van der Waals surface area contributed by atoms with Crippen molar-refractivity contribution < 1.29 is 14.3 Å². The van der Waals surface area contributed by atoms with E-state index < -0.39 is 0 Å². The predicted octanol–water partition coefficient (Wildman–Crippen LogP) is 4.33. The fourth-order valence-electron chi connectivity index (χ4n) is 2.85. The van der Waals surface area contributed by atoms with Crippen LogP contribution in [0.4, 0.5) is 5.69 Å². The molecule has 6 heteroatoms. The second-order valence-corrected chi connectivity index (χ2v) is 6.15. The molecule has 0 fully saturated rings. The summed E-state index contributed by atoms with van der Waals surface area (Å²) in [7, 11) is 3.13. The minimum atomic E-state index is -0.143. The molecule has 0 radical (unpaired) electrons. The van der Waals surface area contributed by atoms with Crippen LogP contribution in [0.5, 0.6) is 11.5 Å². The Kier molecular flexibility index (Phi) is 4.86. The van der Waals surface area contributed by atoms with Crippen LogP contribution in [0, 0.1) is 6.92 Å². The van der Waals surface area contributed by atoms with Gasteiger partial charge in [-0.3, -0.25) is 4.79 Å². The standard InChI is InChI=1S/C19H19ClN2O3/c1-11-14(15-8-12(20)4-6-16(15)21-11)10-19(23)22-17-9-13(24-2)5-7-18(17)25-3/h4-9,21H,10H2,1-3H3,(H,22,23). The summed E-state index contributed by atoms with van der Waals surface area (Å²) in [5, 5.41) is 4.49. The van der Waals surface area contributed by atoms with Crippen molar-refractivity contribution in [3.63, 3.8) is 0 Å². The Balaban J connectivity index is 1.86. The Morgan fingerprint density at radius 3 is 2.68 bits per heavy atom. The molecule has 1 amide bonds. The molecule has 0 saturated heterocycles. The van der Waals surface area contributed by atoms with Gasteiger partial charge in [0.15, 0.2) is 0 Å². The Bertz CT molecular complexity index is 934. The van der Waals surface area contributed by atoms with Crippen LogP contribution < -0.4 is 14.8 Å². The third kappa shape index (κ3) is 3.56. The van der Waals surface area contributed by atoms with Gasteiger partial charge >= 0.3 is 0 Å². The van der Waals surface area contributed by atoms with Crippen LogP contribution in [0.1, 0.15) is 11.3 Å². The maximum Gasteiger partial charge on any atom is 0.228 e. The number of fused-ring (bicyclic) bond motifs is 1. The third-order valence-electron chi connectivity index (χ3n) is 4.10.